The first-order chi connectivity index (χ1) is 14.7. The second-order valence-electron chi connectivity index (χ2n) is 7.19. The Morgan fingerprint density at radius 3 is 2.60 bits per heavy atom. The highest BCUT2D eigenvalue weighted by Gasteiger charge is 2.19. The van der Waals surface area contributed by atoms with Crippen LogP contribution >= 0.6 is 0 Å². The average molecular weight is 405 g/mol. The SMILES string of the molecule is COc1ccc(/C=C/C(=O)n2c(-c3ccccc3)coc2=O)cc1OC1CCCC1. The fraction of sp³-hybridized carbons (Fsp3) is 0.250. The van der Waals surface area contributed by atoms with Crippen LogP contribution in [0.2, 0.25) is 0 Å². The zero-order valence-corrected chi connectivity index (χ0v) is 16.7. The minimum absolute atomic E-state index is 0.192. The summed E-state index contributed by atoms with van der Waals surface area (Å²) in [5, 5.41) is 0. The molecule has 0 radical (unpaired) electrons. The molecule has 0 spiro atoms. The van der Waals surface area contributed by atoms with E-state index in [-0.39, 0.29) is 6.10 Å². The smallest absolute Gasteiger partial charge is 0.426 e. The number of hydrogen-bond donors (Lipinski definition) is 0. The third-order valence-electron chi connectivity index (χ3n) is 5.19. The summed E-state index contributed by atoms with van der Waals surface area (Å²) >= 11 is 0. The molecule has 0 saturated heterocycles. The van der Waals surface area contributed by atoms with E-state index in [2.05, 4.69) is 0 Å². The summed E-state index contributed by atoms with van der Waals surface area (Å²) in [6, 6.07) is 14.7. The standard InChI is InChI=1S/C24H23NO5/c1-28-21-13-11-17(15-22(21)30-19-9-5-6-10-19)12-14-23(26)25-20(16-29-24(25)27)18-7-3-2-4-8-18/h2-4,7-8,11-16,19H,5-6,9-10H2,1H3/b14-12+. The maximum atomic E-state index is 12.7. The predicted molar refractivity (Wildman–Crippen MR) is 114 cm³/mol. The van der Waals surface area contributed by atoms with Crippen molar-refractivity contribution in [1.82, 2.24) is 4.57 Å². The van der Waals surface area contributed by atoms with Gasteiger partial charge < -0.3 is 13.9 Å². The summed E-state index contributed by atoms with van der Waals surface area (Å²) in [5.41, 5.74) is 1.91. The van der Waals surface area contributed by atoms with Gasteiger partial charge in [-0.1, -0.05) is 36.4 Å². The van der Waals surface area contributed by atoms with Crippen molar-refractivity contribution in [3.05, 3.63) is 77.0 Å². The Bertz CT molecular complexity index is 1100. The van der Waals surface area contributed by atoms with Gasteiger partial charge >= 0.3 is 5.76 Å². The van der Waals surface area contributed by atoms with E-state index in [9.17, 15) is 9.59 Å². The minimum atomic E-state index is -0.719. The molecular formula is C24H23NO5. The number of hydrogen-bond acceptors (Lipinski definition) is 5. The quantitative estimate of drug-likeness (QED) is 0.552. The highest BCUT2D eigenvalue weighted by molar-refractivity contribution is 5.96. The van der Waals surface area contributed by atoms with Crippen molar-refractivity contribution in [2.45, 2.75) is 31.8 Å². The van der Waals surface area contributed by atoms with Crippen LogP contribution in [-0.4, -0.2) is 23.7 Å². The first-order valence-corrected chi connectivity index (χ1v) is 9.99. The monoisotopic (exact) mass is 405 g/mol. The van der Waals surface area contributed by atoms with Crippen LogP contribution in [-0.2, 0) is 0 Å². The normalized spacial score (nSPS) is 14.3. The molecule has 0 amide bonds. The molecule has 1 aliphatic rings. The van der Waals surface area contributed by atoms with E-state index in [1.807, 2.05) is 48.5 Å². The topological polar surface area (TPSA) is 70.7 Å². The number of aromatic nitrogens is 1. The van der Waals surface area contributed by atoms with Gasteiger partial charge in [0, 0.05) is 11.6 Å². The fourth-order valence-corrected chi connectivity index (χ4v) is 3.64. The van der Waals surface area contributed by atoms with Gasteiger partial charge in [-0.2, -0.15) is 0 Å². The number of ether oxygens (including phenoxy) is 2. The van der Waals surface area contributed by atoms with Crippen LogP contribution in [0.1, 0.15) is 36.0 Å². The lowest BCUT2D eigenvalue weighted by Gasteiger charge is -2.16. The summed E-state index contributed by atoms with van der Waals surface area (Å²) in [7, 11) is 1.60. The third kappa shape index (κ3) is 4.22. The summed E-state index contributed by atoms with van der Waals surface area (Å²) in [6.45, 7) is 0. The van der Waals surface area contributed by atoms with Crippen LogP contribution in [0.5, 0.6) is 11.5 Å². The van der Waals surface area contributed by atoms with Gasteiger partial charge in [0.2, 0.25) is 0 Å². The Labute approximate surface area is 174 Å². The van der Waals surface area contributed by atoms with E-state index in [0.717, 1.165) is 28.5 Å². The zero-order chi connectivity index (χ0) is 20.9. The van der Waals surface area contributed by atoms with Crippen molar-refractivity contribution in [2.24, 2.45) is 0 Å². The van der Waals surface area contributed by atoms with Crippen molar-refractivity contribution >= 4 is 12.0 Å². The Kier molecular flexibility index (Phi) is 5.84. The molecule has 0 aliphatic heterocycles. The van der Waals surface area contributed by atoms with E-state index < -0.39 is 11.7 Å². The van der Waals surface area contributed by atoms with E-state index in [1.165, 1.54) is 25.2 Å². The fourth-order valence-electron chi connectivity index (χ4n) is 3.64. The lowest BCUT2D eigenvalue weighted by Crippen LogP contribution is -2.21. The molecule has 0 N–H and O–H groups in total. The van der Waals surface area contributed by atoms with Gasteiger partial charge in [0.25, 0.3) is 5.91 Å². The van der Waals surface area contributed by atoms with Crippen molar-refractivity contribution in [2.75, 3.05) is 7.11 Å². The lowest BCUT2D eigenvalue weighted by molar-refractivity contribution is 0.0963. The number of carbonyl (C=O) groups excluding carboxylic acids is 1. The Morgan fingerprint density at radius 2 is 1.87 bits per heavy atom. The molecule has 0 bridgehead atoms. The van der Waals surface area contributed by atoms with Crippen LogP contribution in [0.15, 0.2) is 70.1 Å². The highest BCUT2D eigenvalue weighted by Crippen LogP contribution is 2.32. The van der Waals surface area contributed by atoms with Crippen LogP contribution in [0.3, 0.4) is 0 Å². The van der Waals surface area contributed by atoms with E-state index in [4.69, 9.17) is 13.9 Å². The van der Waals surface area contributed by atoms with Crippen molar-refractivity contribution in [3.8, 4) is 22.8 Å². The maximum absolute atomic E-state index is 12.7. The van der Waals surface area contributed by atoms with Gasteiger partial charge in [-0.3, -0.25) is 4.79 Å². The summed E-state index contributed by atoms with van der Waals surface area (Å²) in [5.74, 6) is 0.109. The molecule has 3 aromatic rings. The number of nitrogens with zero attached hydrogens (tertiary/aromatic N) is 1. The Balaban J connectivity index is 1.58. The van der Waals surface area contributed by atoms with E-state index in [0.29, 0.717) is 17.2 Å². The summed E-state index contributed by atoms with van der Waals surface area (Å²) < 4.78 is 17.5. The average Bonchev–Trinajstić information content (AvgIpc) is 3.42. The van der Waals surface area contributed by atoms with Gasteiger partial charge in [-0.15, -0.1) is 0 Å². The van der Waals surface area contributed by atoms with Gasteiger partial charge in [-0.05, 0) is 49.5 Å². The molecule has 1 aliphatic carbocycles. The zero-order valence-electron chi connectivity index (χ0n) is 16.7. The molecule has 154 valence electrons. The van der Waals surface area contributed by atoms with Crippen LogP contribution in [0.25, 0.3) is 17.3 Å². The predicted octanol–water partition coefficient (Wildman–Crippen LogP) is 4.79. The largest absolute Gasteiger partial charge is 0.493 e. The lowest BCUT2D eigenvalue weighted by atomic mass is 10.1. The Morgan fingerprint density at radius 1 is 1.10 bits per heavy atom. The summed E-state index contributed by atoms with van der Waals surface area (Å²) in [6.07, 6.45) is 8.90. The number of benzene rings is 2. The van der Waals surface area contributed by atoms with Crippen molar-refractivity contribution in [1.29, 1.82) is 0 Å². The molecule has 6 nitrogen and oxygen atoms in total. The molecule has 2 aromatic carbocycles. The second kappa shape index (κ2) is 8.86. The molecule has 1 fully saturated rings. The third-order valence-corrected chi connectivity index (χ3v) is 5.19. The number of allylic oxidation sites excluding steroid dienone is 1. The molecule has 1 aromatic heterocycles. The van der Waals surface area contributed by atoms with Crippen molar-refractivity contribution in [3.63, 3.8) is 0 Å². The molecule has 0 unspecified atom stereocenters. The molecule has 4 rings (SSSR count). The molecular weight excluding hydrogens is 382 g/mol. The molecule has 0 atom stereocenters. The molecule has 30 heavy (non-hydrogen) atoms. The van der Waals surface area contributed by atoms with Gasteiger partial charge in [0.15, 0.2) is 11.5 Å². The van der Waals surface area contributed by atoms with E-state index in [1.54, 1.807) is 13.2 Å². The first kappa shape index (κ1) is 19.8. The van der Waals surface area contributed by atoms with Crippen LogP contribution in [0.4, 0.5) is 0 Å². The van der Waals surface area contributed by atoms with Gasteiger partial charge in [0.1, 0.15) is 6.26 Å². The number of carbonyl (C=O) groups is 1. The maximum Gasteiger partial charge on any atom is 0.426 e. The highest BCUT2D eigenvalue weighted by atomic mass is 16.5. The number of oxazole rings is 1. The second-order valence-corrected chi connectivity index (χ2v) is 7.19. The van der Waals surface area contributed by atoms with Gasteiger partial charge in [0.05, 0.1) is 18.9 Å². The molecule has 1 heterocycles. The van der Waals surface area contributed by atoms with Gasteiger partial charge in [-0.25, -0.2) is 9.36 Å². The van der Waals surface area contributed by atoms with Crippen LogP contribution in [0, 0.1) is 0 Å². The first-order valence-electron chi connectivity index (χ1n) is 9.99. The van der Waals surface area contributed by atoms with Crippen molar-refractivity contribution < 1.29 is 18.7 Å². The van der Waals surface area contributed by atoms with Crippen LogP contribution < -0.4 is 15.2 Å². The Hall–Kier alpha value is -3.54. The number of rotatable bonds is 6. The minimum Gasteiger partial charge on any atom is -0.493 e. The molecule has 1 saturated carbocycles. The molecule has 6 heteroatoms. The number of methoxy groups -OCH3 is 1. The van der Waals surface area contributed by atoms with E-state index >= 15 is 0 Å². The summed E-state index contributed by atoms with van der Waals surface area (Å²) in [4.78, 5) is 24.8.